The molecule has 1 heterocycles. The van der Waals surface area contributed by atoms with Gasteiger partial charge in [-0.15, -0.1) is 0 Å². The summed E-state index contributed by atoms with van der Waals surface area (Å²) in [7, 11) is 0. The van der Waals surface area contributed by atoms with Crippen molar-refractivity contribution in [2.75, 3.05) is 19.6 Å². The lowest BCUT2D eigenvalue weighted by Gasteiger charge is -2.39. The van der Waals surface area contributed by atoms with Crippen molar-refractivity contribution in [1.82, 2.24) is 10.2 Å². The molecule has 0 bridgehead atoms. The van der Waals surface area contributed by atoms with E-state index in [2.05, 4.69) is 24.1 Å². The maximum absolute atomic E-state index is 10.8. The van der Waals surface area contributed by atoms with Gasteiger partial charge in [-0.2, -0.15) is 0 Å². The molecule has 1 aromatic rings. The molecule has 5 heteroatoms. The summed E-state index contributed by atoms with van der Waals surface area (Å²) in [5.74, 6) is 0. The fourth-order valence-electron chi connectivity index (χ4n) is 3.13. The summed E-state index contributed by atoms with van der Waals surface area (Å²) in [6.07, 6.45) is 3.57. The number of nitrogens with one attached hydrogen (secondary N) is 1. The van der Waals surface area contributed by atoms with Crippen LogP contribution in [-0.2, 0) is 0 Å². The van der Waals surface area contributed by atoms with Gasteiger partial charge in [0.2, 0.25) is 0 Å². The number of rotatable bonds is 6. The zero-order chi connectivity index (χ0) is 15.2. The summed E-state index contributed by atoms with van der Waals surface area (Å²) in [5.41, 5.74) is 1.31. The molecule has 1 aromatic carbocycles. The van der Waals surface area contributed by atoms with E-state index in [9.17, 15) is 10.1 Å². The molecular weight excluding hydrogens is 266 g/mol. The fourth-order valence-corrected chi connectivity index (χ4v) is 3.13. The average Bonchev–Trinajstić information content (AvgIpc) is 2.53. The van der Waals surface area contributed by atoms with E-state index >= 15 is 0 Å². The van der Waals surface area contributed by atoms with Crippen molar-refractivity contribution >= 4 is 5.69 Å². The van der Waals surface area contributed by atoms with E-state index in [1.165, 1.54) is 12.8 Å². The predicted molar refractivity (Wildman–Crippen MR) is 84.4 cm³/mol. The number of non-ortho nitro benzene ring substituents is 1. The Labute approximate surface area is 126 Å². The number of hydrogen-bond donors (Lipinski definition) is 1. The quantitative estimate of drug-likeness (QED) is 0.646. The van der Waals surface area contributed by atoms with Crippen molar-refractivity contribution in [2.45, 2.75) is 45.2 Å². The van der Waals surface area contributed by atoms with E-state index in [1.807, 2.05) is 12.1 Å². The SMILES string of the molecule is CCCN(C1CCCNC1)C(C)c1ccc([N+](=O)[O-])cc1. The Morgan fingerprint density at radius 1 is 1.43 bits per heavy atom. The highest BCUT2D eigenvalue weighted by molar-refractivity contribution is 5.34. The van der Waals surface area contributed by atoms with E-state index in [1.54, 1.807) is 12.1 Å². The number of hydrogen-bond acceptors (Lipinski definition) is 4. The molecule has 0 saturated carbocycles. The van der Waals surface area contributed by atoms with E-state index < -0.39 is 0 Å². The minimum atomic E-state index is -0.344. The Kier molecular flexibility index (Phi) is 5.70. The van der Waals surface area contributed by atoms with Crippen LogP contribution in [0.3, 0.4) is 0 Å². The highest BCUT2D eigenvalue weighted by atomic mass is 16.6. The first-order valence-corrected chi connectivity index (χ1v) is 7.84. The normalized spacial score (nSPS) is 20.4. The van der Waals surface area contributed by atoms with Crippen LogP contribution in [0.1, 0.15) is 44.7 Å². The number of benzene rings is 1. The number of nitrogens with zero attached hydrogens (tertiary/aromatic N) is 2. The number of nitro groups is 1. The number of piperidine rings is 1. The molecule has 116 valence electrons. The highest BCUT2D eigenvalue weighted by Crippen LogP contribution is 2.26. The monoisotopic (exact) mass is 291 g/mol. The van der Waals surface area contributed by atoms with Crippen LogP contribution in [0.15, 0.2) is 24.3 Å². The van der Waals surface area contributed by atoms with Crippen LogP contribution in [0.2, 0.25) is 0 Å². The molecule has 1 fully saturated rings. The summed E-state index contributed by atoms with van der Waals surface area (Å²) in [6.45, 7) is 7.61. The van der Waals surface area contributed by atoms with Gasteiger partial charge in [-0.05, 0) is 44.8 Å². The third kappa shape index (κ3) is 4.02. The Morgan fingerprint density at radius 2 is 2.14 bits per heavy atom. The molecule has 2 rings (SSSR count). The van der Waals surface area contributed by atoms with Crippen LogP contribution in [0.5, 0.6) is 0 Å². The van der Waals surface area contributed by atoms with Gasteiger partial charge in [0, 0.05) is 30.8 Å². The van der Waals surface area contributed by atoms with Gasteiger partial charge in [0.25, 0.3) is 5.69 Å². The van der Waals surface area contributed by atoms with Gasteiger partial charge < -0.3 is 5.32 Å². The summed E-state index contributed by atoms with van der Waals surface area (Å²) in [6, 6.07) is 7.84. The van der Waals surface area contributed by atoms with Gasteiger partial charge in [-0.1, -0.05) is 19.1 Å². The van der Waals surface area contributed by atoms with Crippen LogP contribution in [0.4, 0.5) is 5.69 Å². The van der Waals surface area contributed by atoms with Crippen LogP contribution in [-0.4, -0.2) is 35.5 Å². The average molecular weight is 291 g/mol. The minimum Gasteiger partial charge on any atom is -0.315 e. The molecule has 0 radical (unpaired) electrons. The van der Waals surface area contributed by atoms with E-state index in [4.69, 9.17) is 0 Å². The van der Waals surface area contributed by atoms with Crippen molar-refractivity contribution in [3.63, 3.8) is 0 Å². The topological polar surface area (TPSA) is 58.4 Å². The number of nitro benzene ring substituents is 1. The second kappa shape index (κ2) is 7.52. The third-order valence-electron chi connectivity index (χ3n) is 4.31. The Balaban J connectivity index is 2.12. The Morgan fingerprint density at radius 3 is 2.67 bits per heavy atom. The highest BCUT2D eigenvalue weighted by Gasteiger charge is 2.25. The maximum Gasteiger partial charge on any atom is 0.269 e. The molecule has 0 amide bonds. The molecule has 0 aliphatic carbocycles. The third-order valence-corrected chi connectivity index (χ3v) is 4.31. The molecule has 0 aromatic heterocycles. The van der Waals surface area contributed by atoms with Crippen LogP contribution in [0.25, 0.3) is 0 Å². The predicted octanol–water partition coefficient (Wildman–Crippen LogP) is 3.12. The van der Waals surface area contributed by atoms with Gasteiger partial charge in [0.1, 0.15) is 0 Å². The van der Waals surface area contributed by atoms with Gasteiger partial charge >= 0.3 is 0 Å². The Hall–Kier alpha value is -1.46. The fraction of sp³-hybridized carbons (Fsp3) is 0.625. The first-order valence-electron chi connectivity index (χ1n) is 7.84. The summed E-state index contributed by atoms with van der Waals surface area (Å²) in [5, 5.41) is 14.2. The van der Waals surface area contributed by atoms with Crippen LogP contribution >= 0.6 is 0 Å². The second-order valence-electron chi connectivity index (χ2n) is 5.76. The van der Waals surface area contributed by atoms with Crippen molar-refractivity contribution < 1.29 is 4.92 Å². The minimum absolute atomic E-state index is 0.160. The molecule has 1 aliphatic rings. The molecule has 5 nitrogen and oxygen atoms in total. The lowest BCUT2D eigenvalue weighted by atomic mass is 9.99. The first kappa shape index (κ1) is 15.9. The zero-order valence-electron chi connectivity index (χ0n) is 12.9. The summed E-state index contributed by atoms with van der Waals surface area (Å²) < 4.78 is 0. The van der Waals surface area contributed by atoms with Crippen molar-refractivity contribution in [1.29, 1.82) is 0 Å². The van der Waals surface area contributed by atoms with E-state index in [-0.39, 0.29) is 16.7 Å². The standard InChI is InChI=1S/C16H25N3O2/c1-3-11-18(16-5-4-10-17-12-16)13(2)14-6-8-15(9-7-14)19(20)21/h6-9,13,16-17H,3-5,10-12H2,1-2H3. The van der Waals surface area contributed by atoms with Crippen molar-refractivity contribution in [3.05, 3.63) is 39.9 Å². The zero-order valence-corrected chi connectivity index (χ0v) is 12.9. The van der Waals surface area contributed by atoms with Crippen molar-refractivity contribution in [3.8, 4) is 0 Å². The molecular formula is C16H25N3O2. The summed E-state index contributed by atoms with van der Waals surface area (Å²) in [4.78, 5) is 12.9. The summed E-state index contributed by atoms with van der Waals surface area (Å²) >= 11 is 0. The molecule has 1 saturated heterocycles. The Bertz CT molecular complexity index is 455. The van der Waals surface area contributed by atoms with Gasteiger partial charge in [0.05, 0.1) is 4.92 Å². The second-order valence-corrected chi connectivity index (χ2v) is 5.76. The van der Waals surface area contributed by atoms with E-state index in [0.717, 1.165) is 31.6 Å². The molecule has 1 N–H and O–H groups in total. The molecule has 1 aliphatic heterocycles. The van der Waals surface area contributed by atoms with Crippen molar-refractivity contribution in [2.24, 2.45) is 0 Å². The molecule has 2 unspecified atom stereocenters. The largest absolute Gasteiger partial charge is 0.315 e. The van der Waals surface area contributed by atoms with E-state index in [0.29, 0.717) is 6.04 Å². The smallest absolute Gasteiger partial charge is 0.269 e. The van der Waals surface area contributed by atoms with Gasteiger partial charge in [-0.25, -0.2) is 0 Å². The lowest BCUT2D eigenvalue weighted by Crippen LogP contribution is -2.47. The first-order chi connectivity index (χ1) is 10.1. The molecule has 2 atom stereocenters. The van der Waals surface area contributed by atoms with Gasteiger partial charge in [0.15, 0.2) is 0 Å². The molecule has 21 heavy (non-hydrogen) atoms. The molecule has 0 spiro atoms. The van der Waals surface area contributed by atoms with Crippen LogP contribution in [0, 0.1) is 10.1 Å². The lowest BCUT2D eigenvalue weighted by molar-refractivity contribution is -0.384. The maximum atomic E-state index is 10.8. The van der Waals surface area contributed by atoms with Gasteiger partial charge in [-0.3, -0.25) is 15.0 Å². The van der Waals surface area contributed by atoms with Crippen LogP contribution < -0.4 is 5.32 Å².